The van der Waals surface area contributed by atoms with E-state index in [1.165, 1.54) is 16.4 Å². The van der Waals surface area contributed by atoms with Gasteiger partial charge in [-0.05, 0) is 31.0 Å². The molecule has 2 aliphatic rings. The summed E-state index contributed by atoms with van der Waals surface area (Å²) in [6, 6.07) is 2.41. The number of nitrogens with zero attached hydrogens (tertiary/aromatic N) is 1. The number of rotatable bonds is 2. The van der Waals surface area contributed by atoms with Crippen molar-refractivity contribution < 1.29 is 12.8 Å². The predicted octanol–water partition coefficient (Wildman–Crippen LogP) is 2.11. The van der Waals surface area contributed by atoms with Crippen LogP contribution in [-0.4, -0.2) is 38.4 Å². The average Bonchev–Trinajstić information content (AvgIpc) is 2.97. The van der Waals surface area contributed by atoms with Crippen molar-refractivity contribution in [2.45, 2.75) is 17.4 Å². The van der Waals surface area contributed by atoms with Gasteiger partial charge in [0.2, 0.25) is 10.0 Å². The van der Waals surface area contributed by atoms with E-state index in [1.54, 1.807) is 0 Å². The first-order valence-electron chi connectivity index (χ1n) is 6.29. The van der Waals surface area contributed by atoms with Crippen molar-refractivity contribution in [3.05, 3.63) is 28.0 Å². The molecule has 110 valence electrons. The Kier molecular flexibility index (Phi) is 3.71. The van der Waals surface area contributed by atoms with Crippen LogP contribution in [0.3, 0.4) is 0 Å². The highest BCUT2D eigenvalue weighted by molar-refractivity contribution is 7.89. The zero-order valence-electron chi connectivity index (χ0n) is 10.4. The fourth-order valence-corrected chi connectivity index (χ4v) is 5.36. The van der Waals surface area contributed by atoms with E-state index in [-0.39, 0.29) is 16.0 Å². The summed E-state index contributed by atoms with van der Waals surface area (Å²) in [5, 5.41) is 2.56. The average molecular weight is 339 g/mol. The van der Waals surface area contributed by atoms with Crippen LogP contribution in [0.4, 0.5) is 4.39 Å². The lowest BCUT2D eigenvalue weighted by Gasteiger charge is -2.23. The Balaban J connectivity index is 2.03. The summed E-state index contributed by atoms with van der Waals surface area (Å²) in [4.78, 5) is -0.214. The van der Waals surface area contributed by atoms with Gasteiger partial charge in [0.15, 0.2) is 5.82 Å². The van der Waals surface area contributed by atoms with E-state index in [0.29, 0.717) is 19.0 Å². The first-order valence-corrected chi connectivity index (χ1v) is 8.48. The molecule has 0 aliphatic carbocycles. The van der Waals surface area contributed by atoms with Crippen LogP contribution in [0.5, 0.6) is 0 Å². The Hall–Kier alpha value is -0.400. The maximum atomic E-state index is 13.7. The number of hydrogen-bond acceptors (Lipinski definition) is 3. The molecule has 20 heavy (non-hydrogen) atoms. The molecule has 0 unspecified atom stereocenters. The molecule has 2 fully saturated rings. The molecule has 2 heterocycles. The fraction of sp³-hybridized carbons (Fsp3) is 0.500. The summed E-state index contributed by atoms with van der Waals surface area (Å²) < 4.78 is 40.5. The molecule has 4 nitrogen and oxygen atoms in total. The van der Waals surface area contributed by atoms with Crippen molar-refractivity contribution >= 4 is 33.2 Å². The quantitative estimate of drug-likeness (QED) is 0.840. The van der Waals surface area contributed by atoms with Gasteiger partial charge in [-0.2, -0.15) is 4.31 Å². The number of fused-ring (bicyclic) bond motifs is 1. The first-order chi connectivity index (χ1) is 9.43. The van der Waals surface area contributed by atoms with Crippen LogP contribution in [-0.2, 0) is 10.0 Å². The van der Waals surface area contributed by atoms with Crippen LogP contribution in [0, 0.1) is 11.7 Å². The third-order valence-electron chi connectivity index (χ3n) is 3.98. The van der Waals surface area contributed by atoms with E-state index in [1.807, 2.05) is 0 Å². The van der Waals surface area contributed by atoms with Gasteiger partial charge in [0.05, 0.1) is 10.0 Å². The minimum absolute atomic E-state index is 0.0743. The molecule has 8 heteroatoms. The number of halogens is 3. The molecular weight excluding hydrogens is 326 g/mol. The molecule has 0 bridgehead atoms. The zero-order chi connectivity index (χ0) is 14.5. The third-order valence-corrected chi connectivity index (χ3v) is 6.72. The lowest BCUT2D eigenvalue weighted by atomic mass is 10.1. The smallest absolute Gasteiger partial charge is 0.244 e. The maximum Gasteiger partial charge on any atom is 0.244 e. The van der Waals surface area contributed by atoms with Gasteiger partial charge in [-0.1, -0.05) is 23.2 Å². The monoisotopic (exact) mass is 338 g/mol. The van der Waals surface area contributed by atoms with Crippen molar-refractivity contribution in [2.24, 2.45) is 5.92 Å². The van der Waals surface area contributed by atoms with Gasteiger partial charge in [0, 0.05) is 19.1 Å². The SMILES string of the molecule is O=S(=O)(c1ccc(Cl)c(F)c1Cl)N1CC[C@H]2CNC[C@H]21. The highest BCUT2D eigenvalue weighted by Gasteiger charge is 2.44. The number of hydrogen-bond donors (Lipinski definition) is 1. The van der Waals surface area contributed by atoms with Gasteiger partial charge in [0.1, 0.15) is 4.90 Å². The van der Waals surface area contributed by atoms with E-state index < -0.39 is 20.9 Å². The Bertz CT molecular complexity index is 653. The standard InChI is InChI=1S/C12H13Cl2FN2O2S/c13-8-1-2-10(11(14)12(8)15)20(18,19)17-4-3-7-5-16-6-9(7)17/h1-2,7,9,16H,3-6H2/t7-,9+/m0/s1. The van der Waals surface area contributed by atoms with Gasteiger partial charge in [-0.15, -0.1) is 0 Å². The molecule has 2 atom stereocenters. The molecule has 0 saturated carbocycles. The highest BCUT2D eigenvalue weighted by atomic mass is 35.5. The lowest BCUT2D eigenvalue weighted by Crippen LogP contribution is -2.39. The summed E-state index contributed by atoms with van der Waals surface area (Å²) in [5.74, 6) is -0.574. The van der Waals surface area contributed by atoms with Gasteiger partial charge in [-0.25, -0.2) is 12.8 Å². The molecule has 0 radical (unpaired) electrons. The molecule has 2 aliphatic heterocycles. The van der Waals surface area contributed by atoms with Crippen LogP contribution >= 0.6 is 23.2 Å². The van der Waals surface area contributed by atoms with E-state index in [0.717, 1.165) is 13.0 Å². The predicted molar refractivity (Wildman–Crippen MR) is 75.1 cm³/mol. The van der Waals surface area contributed by atoms with Crippen molar-refractivity contribution in [3.63, 3.8) is 0 Å². The van der Waals surface area contributed by atoms with Crippen LogP contribution < -0.4 is 5.32 Å². The van der Waals surface area contributed by atoms with Crippen LogP contribution in [0.1, 0.15) is 6.42 Å². The second-order valence-electron chi connectivity index (χ2n) is 5.06. The summed E-state index contributed by atoms with van der Waals surface area (Å²) >= 11 is 11.4. The Morgan fingerprint density at radius 3 is 2.80 bits per heavy atom. The highest BCUT2D eigenvalue weighted by Crippen LogP contribution is 2.36. The summed E-state index contributed by atoms with van der Waals surface area (Å²) in [7, 11) is -3.80. The zero-order valence-corrected chi connectivity index (χ0v) is 12.8. The first kappa shape index (κ1) is 14.5. The molecule has 0 amide bonds. The van der Waals surface area contributed by atoms with Crippen molar-refractivity contribution in [3.8, 4) is 0 Å². The Morgan fingerprint density at radius 2 is 2.05 bits per heavy atom. The topological polar surface area (TPSA) is 49.4 Å². The lowest BCUT2D eigenvalue weighted by molar-refractivity contribution is 0.382. The molecule has 0 aromatic heterocycles. The van der Waals surface area contributed by atoms with E-state index >= 15 is 0 Å². The van der Waals surface area contributed by atoms with E-state index in [4.69, 9.17) is 23.2 Å². The molecular formula is C12H13Cl2FN2O2S. The van der Waals surface area contributed by atoms with E-state index in [2.05, 4.69) is 5.32 Å². The van der Waals surface area contributed by atoms with Crippen LogP contribution in [0.2, 0.25) is 10.0 Å². The number of nitrogens with one attached hydrogen (secondary N) is 1. The van der Waals surface area contributed by atoms with Crippen molar-refractivity contribution in [1.82, 2.24) is 9.62 Å². The number of sulfonamides is 1. The molecule has 3 rings (SSSR count). The molecule has 1 aromatic carbocycles. The Morgan fingerprint density at radius 1 is 1.30 bits per heavy atom. The maximum absolute atomic E-state index is 13.7. The Labute approximate surface area is 126 Å². The van der Waals surface area contributed by atoms with Gasteiger partial charge >= 0.3 is 0 Å². The molecule has 2 saturated heterocycles. The van der Waals surface area contributed by atoms with Crippen molar-refractivity contribution in [2.75, 3.05) is 19.6 Å². The normalized spacial score (nSPS) is 26.9. The minimum Gasteiger partial charge on any atom is -0.315 e. The second kappa shape index (κ2) is 5.10. The van der Waals surface area contributed by atoms with Gasteiger partial charge < -0.3 is 5.32 Å². The summed E-state index contributed by atoms with van der Waals surface area (Å²) in [6.07, 6.45) is 0.810. The van der Waals surface area contributed by atoms with Crippen molar-refractivity contribution in [1.29, 1.82) is 0 Å². The summed E-state index contributed by atoms with van der Waals surface area (Å²) in [6.45, 7) is 1.89. The molecule has 1 aromatic rings. The third kappa shape index (κ3) is 2.14. The molecule has 1 N–H and O–H groups in total. The van der Waals surface area contributed by atoms with Gasteiger partial charge in [-0.3, -0.25) is 0 Å². The minimum atomic E-state index is -3.80. The fourth-order valence-electron chi connectivity index (χ4n) is 2.94. The summed E-state index contributed by atoms with van der Waals surface area (Å²) in [5.41, 5.74) is 0. The molecule has 0 spiro atoms. The van der Waals surface area contributed by atoms with Crippen LogP contribution in [0.15, 0.2) is 17.0 Å². The number of benzene rings is 1. The largest absolute Gasteiger partial charge is 0.315 e. The van der Waals surface area contributed by atoms with E-state index in [9.17, 15) is 12.8 Å². The van der Waals surface area contributed by atoms with Gasteiger partial charge in [0.25, 0.3) is 0 Å². The second-order valence-corrected chi connectivity index (χ2v) is 7.71. The van der Waals surface area contributed by atoms with Crippen LogP contribution in [0.25, 0.3) is 0 Å².